The number of anilines is 1. The molecule has 11 nitrogen and oxygen atoms in total. The molecule has 21 heavy (non-hydrogen) atoms. The van der Waals surface area contributed by atoms with E-state index in [1.165, 1.54) is 13.0 Å². The van der Waals surface area contributed by atoms with Crippen LogP contribution < -0.4 is 11.2 Å². The molecule has 0 saturated carbocycles. The molecule has 1 aromatic carbocycles. The number of non-ortho nitro benzene ring substituents is 1. The van der Waals surface area contributed by atoms with Crippen molar-refractivity contribution >= 4 is 28.6 Å². The number of nitro groups is 2. The van der Waals surface area contributed by atoms with E-state index in [-0.39, 0.29) is 11.3 Å². The lowest BCUT2D eigenvalue weighted by atomic mass is 10.1. The average molecular weight is 291 g/mol. The van der Waals surface area contributed by atoms with E-state index in [0.29, 0.717) is 0 Å². The first-order chi connectivity index (χ1) is 9.77. The summed E-state index contributed by atoms with van der Waals surface area (Å²) < 4.78 is 0. The quantitative estimate of drug-likeness (QED) is 0.313. The molecular formula is C10H9N7O4. The predicted molar refractivity (Wildman–Crippen MR) is 73.1 cm³/mol. The maximum atomic E-state index is 10.9. The molecule has 0 aliphatic heterocycles. The van der Waals surface area contributed by atoms with Crippen LogP contribution >= 0.6 is 0 Å². The summed E-state index contributed by atoms with van der Waals surface area (Å²) in [5.41, 5.74) is 5.97. The summed E-state index contributed by atoms with van der Waals surface area (Å²) >= 11 is 0. The van der Waals surface area contributed by atoms with Gasteiger partial charge in [0.1, 0.15) is 6.07 Å². The molecule has 0 fully saturated rings. The first kappa shape index (κ1) is 15.5. The predicted octanol–water partition coefficient (Wildman–Crippen LogP) is 1.04. The zero-order valence-corrected chi connectivity index (χ0v) is 10.7. The van der Waals surface area contributed by atoms with Gasteiger partial charge >= 0.3 is 0 Å². The maximum Gasteiger partial charge on any atom is 0.281 e. The second-order valence-corrected chi connectivity index (χ2v) is 3.75. The normalized spacial score (nSPS) is 10.6. The highest BCUT2D eigenvalue weighted by Crippen LogP contribution is 2.31. The lowest BCUT2D eigenvalue weighted by molar-refractivity contribution is -0.394. The third-order valence-electron chi connectivity index (χ3n) is 2.42. The standard InChI is InChI=1S/C10H9N7O4/c1-5-7(14-15-8(4-11)10(12)13)2-6(16(18)19)3-9(5)17(20)21/h2-3,14H,1H3,(H3,12,13)/b15-8+. The molecule has 0 bridgehead atoms. The summed E-state index contributed by atoms with van der Waals surface area (Å²) in [5.74, 6) is -0.609. The number of nitro benzene ring substituents is 2. The fourth-order valence-electron chi connectivity index (χ4n) is 1.36. The highest BCUT2D eigenvalue weighted by atomic mass is 16.6. The molecule has 0 amide bonds. The van der Waals surface area contributed by atoms with Gasteiger partial charge in [0.05, 0.1) is 27.2 Å². The highest BCUT2D eigenvalue weighted by Gasteiger charge is 2.21. The van der Waals surface area contributed by atoms with Crippen LogP contribution in [0.4, 0.5) is 17.1 Å². The van der Waals surface area contributed by atoms with Crippen LogP contribution in [0.15, 0.2) is 17.2 Å². The Morgan fingerprint density at radius 2 is 2.05 bits per heavy atom. The zero-order chi connectivity index (χ0) is 16.2. The van der Waals surface area contributed by atoms with Gasteiger partial charge in [-0.15, -0.1) is 0 Å². The number of nitrogens with one attached hydrogen (secondary N) is 2. The summed E-state index contributed by atoms with van der Waals surface area (Å²) in [5, 5.41) is 40.8. The highest BCUT2D eigenvalue weighted by molar-refractivity contribution is 6.45. The Kier molecular flexibility index (Phi) is 4.48. The van der Waals surface area contributed by atoms with Crippen molar-refractivity contribution in [1.29, 1.82) is 10.7 Å². The van der Waals surface area contributed by atoms with Crippen LogP contribution in [0.2, 0.25) is 0 Å². The molecule has 0 aliphatic rings. The lowest BCUT2D eigenvalue weighted by Crippen LogP contribution is -2.22. The Morgan fingerprint density at radius 1 is 1.43 bits per heavy atom. The van der Waals surface area contributed by atoms with Gasteiger partial charge in [0.2, 0.25) is 5.71 Å². The van der Waals surface area contributed by atoms with Crippen LogP contribution in [0, 0.1) is 43.9 Å². The average Bonchev–Trinajstić information content (AvgIpc) is 2.39. The molecule has 108 valence electrons. The van der Waals surface area contributed by atoms with E-state index in [4.69, 9.17) is 16.4 Å². The molecule has 0 atom stereocenters. The van der Waals surface area contributed by atoms with Gasteiger partial charge in [-0.25, -0.2) is 0 Å². The van der Waals surface area contributed by atoms with Crippen molar-refractivity contribution < 1.29 is 9.85 Å². The van der Waals surface area contributed by atoms with Gasteiger partial charge in [0.25, 0.3) is 11.4 Å². The van der Waals surface area contributed by atoms with Gasteiger partial charge in [-0.1, -0.05) is 0 Å². The molecule has 4 N–H and O–H groups in total. The molecular weight excluding hydrogens is 282 g/mol. The van der Waals surface area contributed by atoms with Gasteiger partial charge in [-0.05, 0) is 6.92 Å². The minimum atomic E-state index is -0.794. The molecule has 0 saturated heterocycles. The Balaban J connectivity index is 3.36. The molecule has 0 spiro atoms. The molecule has 0 aromatic heterocycles. The SMILES string of the molecule is Cc1c(N/N=C(\C#N)C(=N)N)cc([N+](=O)[O-])cc1[N+](=O)[O-]. The van der Waals surface area contributed by atoms with Gasteiger partial charge < -0.3 is 5.73 Å². The first-order valence-corrected chi connectivity index (χ1v) is 5.29. The van der Waals surface area contributed by atoms with Crippen LogP contribution in [0.1, 0.15) is 5.56 Å². The Hall–Kier alpha value is -3.55. The third kappa shape index (κ3) is 3.47. The molecule has 1 aromatic rings. The van der Waals surface area contributed by atoms with E-state index in [1.54, 1.807) is 0 Å². The summed E-state index contributed by atoms with van der Waals surface area (Å²) in [6.45, 7) is 1.36. The maximum absolute atomic E-state index is 10.9. The molecule has 0 radical (unpaired) electrons. The summed E-state index contributed by atoms with van der Waals surface area (Å²) in [7, 11) is 0. The number of hydrogen-bond acceptors (Lipinski definition) is 8. The van der Waals surface area contributed by atoms with E-state index >= 15 is 0 Å². The summed E-state index contributed by atoms with van der Waals surface area (Å²) in [4.78, 5) is 20.1. The Morgan fingerprint density at radius 3 is 2.48 bits per heavy atom. The Labute approximate surface area is 117 Å². The zero-order valence-electron chi connectivity index (χ0n) is 10.7. The number of hydrazone groups is 1. The molecule has 0 heterocycles. The number of hydrogen-bond donors (Lipinski definition) is 3. The summed E-state index contributed by atoms with van der Waals surface area (Å²) in [6.07, 6.45) is 0. The van der Waals surface area contributed by atoms with Crippen molar-refractivity contribution in [3.8, 4) is 6.07 Å². The number of nitriles is 1. The van der Waals surface area contributed by atoms with Crippen LogP contribution in [0.25, 0.3) is 0 Å². The summed E-state index contributed by atoms with van der Waals surface area (Å²) in [6, 6.07) is 3.38. The van der Waals surface area contributed by atoms with Crippen LogP contribution in [-0.4, -0.2) is 21.4 Å². The minimum absolute atomic E-state index is 0.0371. The van der Waals surface area contributed by atoms with Crippen LogP contribution in [0.5, 0.6) is 0 Å². The van der Waals surface area contributed by atoms with Crippen molar-refractivity contribution in [2.24, 2.45) is 10.8 Å². The monoisotopic (exact) mass is 291 g/mol. The van der Waals surface area contributed by atoms with Crippen LogP contribution in [0.3, 0.4) is 0 Å². The van der Waals surface area contributed by atoms with Crippen molar-refractivity contribution in [2.75, 3.05) is 5.43 Å². The smallest absolute Gasteiger partial charge is 0.281 e. The van der Waals surface area contributed by atoms with Crippen molar-refractivity contribution in [3.63, 3.8) is 0 Å². The van der Waals surface area contributed by atoms with E-state index in [1.807, 2.05) is 0 Å². The van der Waals surface area contributed by atoms with E-state index in [0.717, 1.165) is 12.1 Å². The number of nitrogens with zero attached hydrogens (tertiary/aromatic N) is 4. The minimum Gasteiger partial charge on any atom is -0.382 e. The Bertz CT molecular complexity index is 704. The van der Waals surface area contributed by atoms with E-state index in [2.05, 4.69) is 10.5 Å². The van der Waals surface area contributed by atoms with Gasteiger partial charge in [-0.2, -0.15) is 10.4 Å². The first-order valence-electron chi connectivity index (χ1n) is 5.29. The van der Waals surface area contributed by atoms with Crippen molar-refractivity contribution in [1.82, 2.24) is 0 Å². The van der Waals surface area contributed by atoms with Crippen molar-refractivity contribution in [2.45, 2.75) is 6.92 Å². The number of amidine groups is 1. The fourth-order valence-corrected chi connectivity index (χ4v) is 1.36. The van der Waals surface area contributed by atoms with E-state index in [9.17, 15) is 20.2 Å². The molecule has 1 rings (SSSR count). The second-order valence-electron chi connectivity index (χ2n) is 3.75. The largest absolute Gasteiger partial charge is 0.382 e. The van der Waals surface area contributed by atoms with Gasteiger partial charge in [-0.3, -0.25) is 31.1 Å². The van der Waals surface area contributed by atoms with Crippen molar-refractivity contribution in [3.05, 3.63) is 37.9 Å². The van der Waals surface area contributed by atoms with Crippen LogP contribution in [-0.2, 0) is 0 Å². The number of rotatable bonds is 5. The molecule has 0 aliphatic carbocycles. The van der Waals surface area contributed by atoms with Gasteiger partial charge in [0, 0.05) is 6.07 Å². The molecule has 0 unspecified atom stereocenters. The third-order valence-corrected chi connectivity index (χ3v) is 2.42. The van der Waals surface area contributed by atoms with Gasteiger partial charge in [0.15, 0.2) is 5.84 Å². The number of benzene rings is 1. The number of nitrogens with two attached hydrogens (primary N) is 1. The molecule has 11 heteroatoms. The topological polar surface area (TPSA) is 184 Å². The lowest BCUT2D eigenvalue weighted by Gasteiger charge is -2.06. The second kappa shape index (κ2) is 6.06. The van der Waals surface area contributed by atoms with E-state index < -0.39 is 32.8 Å². The fraction of sp³-hybridized carbons (Fsp3) is 0.100.